The van der Waals surface area contributed by atoms with E-state index in [1.807, 2.05) is 13.0 Å². The van der Waals surface area contributed by atoms with Crippen molar-refractivity contribution in [1.82, 2.24) is 8.87 Å². The van der Waals surface area contributed by atoms with Crippen LogP contribution in [0, 0.1) is 6.92 Å². The Bertz CT molecular complexity index is 1190. The molecule has 194 valence electrons. The molecule has 35 heavy (non-hydrogen) atoms. The van der Waals surface area contributed by atoms with Crippen molar-refractivity contribution in [2.24, 2.45) is 0 Å². The molecule has 1 aliphatic carbocycles. The van der Waals surface area contributed by atoms with E-state index < -0.39 is 27.7 Å². The van der Waals surface area contributed by atoms with Crippen LogP contribution in [0.3, 0.4) is 0 Å². The largest absolute Gasteiger partial charge is 0.416 e. The lowest BCUT2D eigenvalue weighted by atomic mass is 9.88. The number of alkyl halides is 3. The lowest BCUT2D eigenvalue weighted by Gasteiger charge is -2.36. The molecule has 1 heterocycles. The first-order valence-corrected chi connectivity index (χ1v) is 13.5. The summed E-state index contributed by atoms with van der Waals surface area (Å²) in [6.45, 7) is 8.01. The highest BCUT2D eigenvalue weighted by Crippen LogP contribution is 2.38. The van der Waals surface area contributed by atoms with Gasteiger partial charge >= 0.3 is 6.18 Å². The van der Waals surface area contributed by atoms with Crippen LogP contribution >= 0.6 is 0 Å². The molecule has 2 aromatic rings. The number of aromatic nitrogens is 1. The molecule has 0 aliphatic heterocycles. The van der Waals surface area contributed by atoms with Gasteiger partial charge in [-0.2, -0.15) is 13.2 Å². The Labute approximate surface area is 205 Å². The quantitative estimate of drug-likeness (QED) is 0.554. The summed E-state index contributed by atoms with van der Waals surface area (Å²) < 4.78 is 66.7. The molecule has 0 bridgehead atoms. The second-order valence-corrected chi connectivity index (χ2v) is 12.5. The first kappa shape index (κ1) is 27.3. The molecule has 1 amide bonds. The number of rotatable bonds is 5. The number of anilines is 1. The van der Waals surface area contributed by atoms with Gasteiger partial charge in [0, 0.05) is 41.6 Å². The highest BCUT2D eigenvalue weighted by molar-refractivity contribution is 7.88. The predicted molar refractivity (Wildman–Crippen MR) is 131 cm³/mol. The Morgan fingerprint density at radius 2 is 1.69 bits per heavy atom. The van der Waals surface area contributed by atoms with Crippen LogP contribution in [-0.2, 0) is 21.6 Å². The van der Waals surface area contributed by atoms with Gasteiger partial charge in [-0.3, -0.25) is 4.79 Å². The van der Waals surface area contributed by atoms with E-state index >= 15 is 0 Å². The van der Waals surface area contributed by atoms with Gasteiger partial charge in [0.25, 0.3) is 5.91 Å². The molecule has 1 fully saturated rings. The number of nitrogens with zero attached hydrogens (tertiary/aromatic N) is 2. The average Bonchev–Trinajstić information content (AvgIpc) is 3.10. The van der Waals surface area contributed by atoms with Gasteiger partial charge < -0.3 is 9.88 Å². The van der Waals surface area contributed by atoms with E-state index in [4.69, 9.17) is 0 Å². The van der Waals surface area contributed by atoms with Crippen LogP contribution in [-0.4, -0.2) is 42.5 Å². The molecule has 0 unspecified atom stereocenters. The van der Waals surface area contributed by atoms with Crippen molar-refractivity contribution in [3.63, 3.8) is 0 Å². The zero-order valence-electron chi connectivity index (χ0n) is 21.0. The van der Waals surface area contributed by atoms with Crippen molar-refractivity contribution >= 4 is 21.6 Å². The smallest absolute Gasteiger partial charge is 0.345 e. The van der Waals surface area contributed by atoms with Crippen LogP contribution in [0.15, 0.2) is 30.3 Å². The Hall–Kier alpha value is -2.33. The summed E-state index contributed by atoms with van der Waals surface area (Å²) in [4.78, 5) is 13.1. The van der Waals surface area contributed by atoms with Crippen molar-refractivity contribution in [2.45, 2.75) is 77.1 Å². The van der Waals surface area contributed by atoms with Gasteiger partial charge in [0.05, 0.1) is 17.4 Å². The fraction of sp³-hybridized carbons (Fsp3) is 0.560. The first-order chi connectivity index (χ1) is 16.0. The third-order valence-electron chi connectivity index (χ3n) is 6.82. The maximum atomic E-state index is 13.1. The molecule has 0 spiro atoms. The highest BCUT2D eigenvalue weighted by Gasteiger charge is 2.34. The zero-order chi connectivity index (χ0) is 26.3. The van der Waals surface area contributed by atoms with Crippen LogP contribution in [0.4, 0.5) is 18.9 Å². The molecule has 0 radical (unpaired) electrons. The lowest BCUT2D eigenvalue weighted by Crippen LogP contribution is -2.39. The lowest BCUT2D eigenvalue weighted by molar-refractivity contribution is -0.137. The third kappa shape index (κ3) is 6.09. The van der Waals surface area contributed by atoms with Gasteiger partial charge in [0.1, 0.15) is 0 Å². The second-order valence-electron chi connectivity index (χ2n) is 10.4. The molecule has 1 aliphatic rings. The zero-order valence-corrected chi connectivity index (χ0v) is 21.8. The fourth-order valence-corrected chi connectivity index (χ4v) is 5.57. The number of carbonyl (C=O) groups excluding carboxylic acids is 1. The summed E-state index contributed by atoms with van der Waals surface area (Å²) in [5.41, 5.74) is 1.11. The molecule has 1 N–H and O–H groups in total. The normalized spacial score (nSPS) is 19.7. The number of carbonyl (C=O) groups is 1. The molecule has 1 saturated carbocycles. The van der Waals surface area contributed by atoms with Crippen molar-refractivity contribution < 1.29 is 26.4 Å². The Kier molecular flexibility index (Phi) is 7.49. The van der Waals surface area contributed by atoms with E-state index in [-0.39, 0.29) is 23.2 Å². The molecule has 1 aromatic carbocycles. The summed E-state index contributed by atoms with van der Waals surface area (Å²) in [7, 11) is -1.66. The number of sulfonamides is 1. The summed E-state index contributed by atoms with van der Waals surface area (Å²) >= 11 is 0. The van der Waals surface area contributed by atoms with E-state index in [2.05, 4.69) is 30.7 Å². The van der Waals surface area contributed by atoms with Crippen molar-refractivity contribution in [3.05, 3.63) is 52.8 Å². The monoisotopic (exact) mass is 513 g/mol. The van der Waals surface area contributed by atoms with Gasteiger partial charge in [0.15, 0.2) is 0 Å². The maximum Gasteiger partial charge on any atom is 0.416 e. The SMILES string of the molecule is Cc1c(C(=O)Nc2cccc(C(F)(F)F)c2)cc(C(C)(C)C)n1[C@H]1CC[C@H](N(C)S(C)(=O)=O)CC1. The molecular weight excluding hydrogens is 479 g/mol. The minimum absolute atomic E-state index is 0.0566. The van der Waals surface area contributed by atoms with E-state index in [1.165, 1.54) is 22.7 Å². The third-order valence-corrected chi connectivity index (χ3v) is 8.17. The van der Waals surface area contributed by atoms with Crippen molar-refractivity contribution in [3.8, 4) is 0 Å². The van der Waals surface area contributed by atoms with E-state index in [0.717, 1.165) is 36.4 Å². The molecule has 3 rings (SSSR count). The number of hydrogen-bond donors (Lipinski definition) is 1. The molecule has 0 atom stereocenters. The minimum atomic E-state index is -4.50. The summed E-state index contributed by atoms with van der Waals surface area (Å²) in [5.74, 6) is -0.462. The summed E-state index contributed by atoms with van der Waals surface area (Å²) in [6, 6.07) is 6.46. The number of hydrogen-bond acceptors (Lipinski definition) is 3. The topological polar surface area (TPSA) is 71.4 Å². The predicted octanol–water partition coefficient (Wildman–Crippen LogP) is 5.74. The van der Waals surface area contributed by atoms with Gasteiger partial charge in [-0.1, -0.05) is 26.8 Å². The van der Waals surface area contributed by atoms with Gasteiger partial charge in [0.2, 0.25) is 10.0 Å². The van der Waals surface area contributed by atoms with Crippen LogP contribution in [0.25, 0.3) is 0 Å². The number of amides is 1. The molecule has 0 saturated heterocycles. The number of benzene rings is 1. The van der Waals surface area contributed by atoms with Gasteiger partial charge in [-0.15, -0.1) is 0 Å². The van der Waals surface area contributed by atoms with E-state index in [9.17, 15) is 26.4 Å². The maximum absolute atomic E-state index is 13.1. The van der Waals surface area contributed by atoms with Crippen LogP contribution in [0.5, 0.6) is 0 Å². The van der Waals surface area contributed by atoms with Gasteiger partial charge in [-0.25, -0.2) is 12.7 Å². The number of nitrogens with one attached hydrogen (secondary N) is 1. The fourth-order valence-electron chi connectivity index (χ4n) is 4.82. The Morgan fingerprint density at radius 1 is 1.09 bits per heavy atom. The standard InChI is InChI=1S/C25H34F3N3O3S/c1-16-21(23(32)29-18-9-7-8-17(14-18)25(26,27)28)15-22(24(2,3)4)31(16)20-12-10-19(11-13-20)30(5)35(6,33)34/h7-9,14-15,19-20H,10-13H2,1-6H3,(H,29,32)/t19-,20-. The molecule has 6 nitrogen and oxygen atoms in total. The molecule has 1 aromatic heterocycles. The van der Waals surface area contributed by atoms with E-state index in [0.29, 0.717) is 18.4 Å². The average molecular weight is 514 g/mol. The molecule has 10 heteroatoms. The molecular formula is C25H34F3N3O3S. The van der Waals surface area contributed by atoms with Crippen LogP contribution < -0.4 is 5.32 Å². The second kappa shape index (κ2) is 9.61. The number of halogens is 3. The highest BCUT2D eigenvalue weighted by atomic mass is 32.2. The summed E-state index contributed by atoms with van der Waals surface area (Å²) in [5, 5.41) is 2.62. The van der Waals surface area contributed by atoms with Gasteiger partial charge in [-0.05, 0) is 56.9 Å². The Balaban J connectivity index is 1.88. The van der Waals surface area contributed by atoms with E-state index in [1.54, 1.807) is 7.05 Å². The first-order valence-electron chi connectivity index (χ1n) is 11.6. The van der Waals surface area contributed by atoms with Crippen molar-refractivity contribution in [1.29, 1.82) is 0 Å². The Morgan fingerprint density at radius 3 is 2.20 bits per heavy atom. The minimum Gasteiger partial charge on any atom is -0.345 e. The van der Waals surface area contributed by atoms with Crippen LogP contribution in [0.2, 0.25) is 0 Å². The van der Waals surface area contributed by atoms with Crippen molar-refractivity contribution in [2.75, 3.05) is 18.6 Å². The summed E-state index contributed by atoms with van der Waals surface area (Å²) in [6.07, 6.45) is -0.344. The van der Waals surface area contributed by atoms with Crippen LogP contribution in [0.1, 0.15) is 79.8 Å².